The maximum Gasteiger partial charge on any atom is 0.259 e. The fourth-order valence-electron chi connectivity index (χ4n) is 1.64. The van der Waals surface area contributed by atoms with Gasteiger partial charge in [-0.3, -0.25) is 9.78 Å². The standard InChI is InChI=1S/C13H10ClF2N3O/c1-17-11-2-3-18-6-8(11)13(20)19-12-9(14)4-7(15)5-10(12)16/h2-6H,1H3,(H,17,18)(H,19,20). The van der Waals surface area contributed by atoms with Crippen LogP contribution >= 0.6 is 11.6 Å². The van der Waals surface area contributed by atoms with Gasteiger partial charge in [-0.15, -0.1) is 0 Å². The molecule has 1 heterocycles. The molecule has 0 bridgehead atoms. The molecule has 0 saturated carbocycles. The molecule has 0 radical (unpaired) electrons. The highest BCUT2D eigenvalue weighted by molar-refractivity contribution is 6.34. The third-order valence-corrected chi connectivity index (χ3v) is 2.88. The number of carbonyl (C=O) groups is 1. The second-order valence-corrected chi connectivity index (χ2v) is 4.28. The summed E-state index contributed by atoms with van der Waals surface area (Å²) < 4.78 is 26.5. The van der Waals surface area contributed by atoms with Gasteiger partial charge in [-0.05, 0) is 12.1 Å². The Labute approximate surface area is 118 Å². The number of rotatable bonds is 3. The molecule has 0 atom stereocenters. The molecule has 1 amide bonds. The molecular weight excluding hydrogens is 288 g/mol. The number of hydrogen-bond donors (Lipinski definition) is 2. The van der Waals surface area contributed by atoms with Crippen molar-refractivity contribution < 1.29 is 13.6 Å². The van der Waals surface area contributed by atoms with E-state index in [0.29, 0.717) is 11.8 Å². The first-order chi connectivity index (χ1) is 9.52. The summed E-state index contributed by atoms with van der Waals surface area (Å²) in [6, 6.07) is 3.16. The average molecular weight is 298 g/mol. The quantitative estimate of drug-likeness (QED) is 0.914. The third kappa shape index (κ3) is 2.85. The highest BCUT2D eigenvalue weighted by Crippen LogP contribution is 2.27. The lowest BCUT2D eigenvalue weighted by atomic mass is 10.2. The Balaban J connectivity index is 2.33. The van der Waals surface area contributed by atoms with Crippen molar-refractivity contribution in [2.75, 3.05) is 17.7 Å². The molecule has 7 heteroatoms. The summed E-state index contributed by atoms with van der Waals surface area (Å²) in [6.45, 7) is 0. The lowest BCUT2D eigenvalue weighted by Crippen LogP contribution is -2.15. The van der Waals surface area contributed by atoms with Gasteiger partial charge in [0.25, 0.3) is 5.91 Å². The number of nitrogens with one attached hydrogen (secondary N) is 2. The van der Waals surface area contributed by atoms with Gasteiger partial charge in [0.1, 0.15) is 5.82 Å². The van der Waals surface area contributed by atoms with Crippen LogP contribution in [0.15, 0.2) is 30.6 Å². The molecule has 0 unspecified atom stereocenters. The molecule has 0 fully saturated rings. The predicted molar refractivity (Wildman–Crippen MR) is 73.1 cm³/mol. The molecular formula is C13H10ClF2N3O. The summed E-state index contributed by atoms with van der Waals surface area (Å²) in [6.07, 6.45) is 2.84. The number of pyridine rings is 1. The first-order valence-corrected chi connectivity index (χ1v) is 5.98. The summed E-state index contributed by atoms with van der Waals surface area (Å²) >= 11 is 5.71. The maximum atomic E-state index is 13.6. The van der Waals surface area contributed by atoms with E-state index in [1.54, 1.807) is 13.1 Å². The van der Waals surface area contributed by atoms with Gasteiger partial charge in [0, 0.05) is 31.2 Å². The molecule has 0 spiro atoms. The second-order valence-electron chi connectivity index (χ2n) is 3.87. The van der Waals surface area contributed by atoms with Crippen LogP contribution in [0, 0.1) is 11.6 Å². The number of hydrogen-bond acceptors (Lipinski definition) is 3. The summed E-state index contributed by atoms with van der Waals surface area (Å²) in [7, 11) is 1.64. The van der Waals surface area contributed by atoms with Crippen molar-refractivity contribution in [1.29, 1.82) is 0 Å². The fourth-order valence-corrected chi connectivity index (χ4v) is 1.88. The monoisotopic (exact) mass is 297 g/mol. The van der Waals surface area contributed by atoms with E-state index in [9.17, 15) is 13.6 Å². The lowest BCUT2D eigenvalue weighted by molar-refractivity contribution is 0.102. The Kier molecular flexibility index (Phi) is 4.14. The minimum atomic E-state index is -0.946. The number of halogens is 3. The Morgan fingerprint density at radius 2 is 2.10 bits per heavy atom. The normalized spacial score (nSPS) is 10.2. The Morgan fingerprint density at radius 1 is 1.35 bits per heavy atom. The van der Waals surface area contributed by atoms with Crippen LogP contribution in [0.1, 0.15) is 10.4 Å². The largest absolute Gasteiger partial charge is 0.387 e. The SMILES string of the molecule is CNc1ccncc1C(=O)Nc1c(F)cc(F)cc1Cl. The highest BCUT2D eigenvalue weighted by Gasteiger charge is 2.16. The Bertz CT molecular complexity index is 641. The number of carbonyl (C=O) groups excluding carboxylic acids is 1. The molecule has 2 aromatic rings. The van der Waals surface area contributed by atoms with E-state index in [4.69, 9.17) is 11.6 Å². The second kappa shape index (κ2) is 5.83. The molecule has 0 saturated heterocycles. The third-order valence-electron chi connectivity index (χ3n) is 2.58. The van der Waals surface area contributed by atoms with Crippen LogP contribution in [0.2, 0.25) is 5.02 Å². The fraction of sp³-hybridized carbons (Fsp3) is 0.0769. The zero-order valence-corrected chi connectivity index (χ0v) is 11.1. The van der Waals surface area contributed by atoms with Crippen molar-refractivity contribution in [2.24, 2.45) is 0 Å². The van der Waals surface area contributed by atoms with E-state index in [-0.39, 0.29) is 16.3 Å². The maximum absolute atomic E-state index is 13.6. The summed E-state index contributed by atoms with van der Waals surface area (Å²) in [5.74, 6) is -2.36. The highest BCUT2D eigenvalue weighted by atomic mass is 35.5. The first-order valence-electron chi connectivity index (χ1n) is 5.60. The van der Waals surface area contributed by atoms with Gasteiger partial charge >= 0.3 is 0 Å². The van der Waals surface area contributed by atoms with Crippen LogP contribution in [0.5, 0.6) is 0 Å². The molecule has 0 aliphatic rings. The van der Waals surface area contributed by atoms with E-state index in [2.05, 4.69) is 15.6 Å². The van der Waals surface area contributed by atoms with Gasteiger partial charge in [0.2, 0.25) is 0 Å². The number of benzene rings is 1. The van der Waals surface area contributed by atoms with Crippen molar-refractivity contribution in [1.82, 2.24) is 4.98 Å². The van der Waals surface area contributed by atoms with Crippen molar-refractivity contribution in [3.8, 4) is 0 Å². The lowest BCUT2D eigenvalue weighted by Gasteiger charge is -2.11. The van der Waals surface area contributed by atoms with E-state index < -0.39 is 17.5 Å². The molecule has 0 aliphatic heterocycles. The zero-order valence-electron chi connectivity index (χ0n) is 10.4. The summed E-state index contributed by atoms with van der Waals surface area (Å²) in [5.41, 5.74) is 0.468. The van der Waals surface area contributed by atoms with Crippen molar-refractivity contribution in [3.05, 3.63) is 52.8 Å². The smallest absolute Gasteiger partial charge is 0.259 e. The van der Waals surface area contributed by atoms with Gasteiger partial charge in [0.15, 0.2) is 5.82 Å². The molecule has 4 nitrogen and oxygen atoms in total. The molecule has 2 N–H and O–H groups in total. The van der Waals surface area contributed by atoms with Gasteiger partial charge in [-0.25, -0.2) is 8.78 Å². The minimum absolute atomic E-state index is 0.217. The molecule has 1 aromatic carbocycles. The number of nitrogens with zero attached hydrogens (tertiary/aromatic N) is 1. The summed E-state index contributed by atoms with van der Waals surface area (Å²) in [4.78, 5) is 15.9. The summed E-state index contributed by atoms with van der Waals surface area (Å²) in [5, 5.41) is 4.90. The van der Waals surface area contributed by atoms with Crippen LogP contribution in [0.25, 0.3) is 0 Å². The van der Waals surface area contributed by atoms with Crippen molar-refractivity contribution in [3.63, 3.8) is 0 Å². The van der Waals surface area contributed by atoms with Gasteiger partial charge in [-0.1, -0.05) is 11.6 Å². The van der Waals surface area contributed by atoms with E-state index in [1.165, 1.54) is 12.4 Å². The van der Waals surface area contributed by atoms with Crippen LogP contribution in [0.4, 0.5) is 20.2 Å². The number of aromatic nitrogens is 1. The van der Waals surface area contributed by atoms with Gasteiger partial charge < -0.3 is 10.6 Å². The van der Waals surface area contributed by atoms with Gasteiger partial charge in [-0.2, -0.15) is 0 Å². The Morgan fingerprint density at radius 3 is 2.75 bits per heavy atom. The molecule has 20 heavy (non-hydrogen) atoms. The number of anilines is 2. The van der Waals surface area contributed by atoms with E-state index >= 15 is 0 Å². The van der Waals surface area contributed by atoms with Gasteiger partial charge in [0.05, 0.1) is 16.3 Å². The zero-order chi connectivity index (χ0) is 14.7. The van der Waals surface area contributed by atoms with E-state index in [1.807, 2.05) is 0 Å². The topological polar surface area (TPSA) is 54.0 Å². The molecule has 1 aromatic heterocycles. The van der Waals surface area contributed by atoms with Crippen molar-refractivity contribution >= 4 is 28.9 Å². The van der Waals surface area contributed by atoms with Crippen LogP contribution < -0.4 is 10.6 Å². The van der Waals surface area contributed by atoms with E-state index in [0.717, 1.165) is 6.07 Å². The predicted octanol–water partition coefficient (Wildman–Crippen LogP) is 3.31. The molecule has 2 rings (SSSR count). The molecule has 0 aliphatic carbocycles. The first kappa shape index (κ1) is 14.2. The molecule has 104 valence electrons. The minimum Gasteiger partial charge on any atom is -0.387 e. The van der Waals surface area contributed by atoms with Crippen LogP contribution in [-0.2, 0) is 0 Å². The van der Waals surface area contributed by atoms with Crippen LogP contribution in [-0.4, -0.2) is 17.9 Å². The van der Waals surface area contributed by atoms with Crippen molar-refractivity contribution in [2.45, 2.75) is 0 Å². The average Bonchev–Trinajstić information content (AvgIpc) is 2.42. The van der Waals surface area contributed by atoms with Crippen LogP contribution in [0.3, 0.4) is 0 Å². The Hall–Kier alpha value is -2.21. The number of amides is 1.